The van der Waals surface area contributed by atoms with Crippen molar-refractivity contribution in [3.05, 3.63) is 54.1 Å². The lowest BCUT2D eigenvalue weighted by Crippen LogP contribution is -2.49. The normalized spacial score (nSPS) is 14.4. The molecule has 1 aromatic carbocycles. The first-order chi connectivity index (χ1) is 12.7. The summed E-state index contributed by atoms with van der Waals surface area (Å²) in [6, 6.07) is 8.62. The zero-order valence-corrected chi connectivity index (χ0v) is 15.1. The van der Waals surface area contributed by atoms with Gasteiger partial charge in [-0.1, -0.05) is 25.5 Å². The van der Waals surface area contributed by atoms with E-state index in [1.54, 1.807) is 24.5 Å². The molecule has 0 radical (unpaired) electrons. The lowest BCUT2D eigenvalue weighted by atomic mass is 10.2. The van der Waals surface area contributed by atoms with E-state index in [-0.39, 0.29) is 11.7 Å². The van der Waals surface area contributed by atoms with Crippen molar-refractivity contribution in [2.24, 2.45) is 0 Å². The van der Waals surface area contributed by atoms with E-state index in [4.69, 9.17) is 0 Å². The summed E-state index contributed by atoms with van der Waals surface area (Å²) < 4.78 is 13.9. The molecule has 1 amide bonds. The highest BCUT2D eigenvalue weighted by atomic mass is 19.1. The number of nitrogens with one attached hydrogen (secondary N) is 1. The maximum Gasteiger partial charge on any atom is 0.255 e. The largest absolute Gasteiger partial charge is 0.384 e. The summed E-state index contributed by atoms with van der Waals surface area (Å²) in [4.78, 5) is 20.7. The van der Waals surface area contributed by atoms with Gasteiger partial charge >= 0.3 is 0 Å². The standard InChI is InChI=1S/C20H25FN4O/c1-2-3-8-23-17-13-16(14-22-15-17)20(26)25-11-9-24(10-12-25)19-7-5-4-6-18(19)21/h4-7,13-15,23H,2-3,8-12H2,1H3. The molecular formula is C20H25FN4O. The van der Waals surface area contributed by atoms with Crippen LogP contribution in [0.2, 0.25) is 0 Å². The predicted octanol–water partition coefficient (Wildman–Crippen LogP) is 3.40. The molecule has 1 saturated heterocycles. The van der Waals surface area contributed by atoms with Crippen LogP contribution in [0.4, 0.5) is 15.8 Å². The minimum Gasteiger partial charge on any atom is -0.384 e. The summed E-state index contributed by atoms with van der Waals surface area (Å²) in [7, 11) is 0. The number of hydrogen-bond donors (Lipinski definition) is 1. The molecule has 5 nitrogen and oxygen atoms in total. The van der Waals surface area contributed by atoms with Crippen molar-refractivity contribution in [3.63, 3.8) is 0 Å². The second-order valence-electron chi connectivity index (χ2n) is 6.47. The summed E-state index contributed by atoms with van der Waals surface area (Å²) in [5.74, 6) is -0.243. The number of amides is 1. The fourth-order valence-corrected chi connectivity index (χ4v) is 3.10. The highest BCUT2D eigenvalue weighted by molar-refractivity contribution is 5.95. The van der Waals surface area contributed by atoms with Gasteiger partial charge in [-0.05, 0) is 24.6 Å². The molecule has 3 rings (SSSR count). The third-order valence-electron chi connectivity index (χ3n) is 4.60. The zero-order chi connectivity index (χ0) is 18.4. The van der Waals surface area contributed by atoms with Crippen molar-refractivity contribution in [1.29, 1.82) is 0 Å². The van der Waals surface area contributed by atoms with Gasteiger partial charge in [-0.25, -0.2) is 4.39 Å². The van der Waals surface area contributed by atoms with Crippen molar-refractivity contribution < 1.29 is 9.18 Å². The summed E-state index contributed by atoms with van der Waals surface area (Å²) in [6.45, 7) is 5.39. The molecule has 0 bridgehead atoms. The SMILES string of the molecule is CCCCNc1cncc(C(=O)N2CCN(c3ccccc3F)CC2)c1. The number of aromatic nitrogens is 1. The number of halogens is 1. The summed E-state index contributed by atoms with van der Waals surface area (Å²) in [5.41, 5.74) is 2.06. The summed E-state index contributed by atoms with van der Waals surface area (Å²) in [5, 5.41) is 3.30. The number of carbonyl (C=O) groups is 1. The van der Waals surface area contributed by atoms with E-state index < -0.39 is 0 Å². The van der Waals surface area contributed by atoms with Crippen LogP contribution in [0.25, 0.3) is 0 Å². The molecule has 6 heteroatoms. The van der Waals surface area contributed by atoms with E-state index in [0.29, 0.717) is 37.4 Å². The van der Waals surface area contributed by atoms with E-state index in [1.165, 1.54) is 6.07 Å². The van der Waals surface area contributed by atoms with Crippen LogP contribution in [0, 0.1) is 5.82 Å². The van der Waals surface area contributed by atoms with Crippen LogP contribution in [-0.4, -0.2) is 48.5 Å². The Labute approximate surface area is 153 Å². The Morgan fingerprint density at radius 1 is 1.19 bits per heavy atom. The highest BCUT2D eigenvalue weighted by Crippen LogP contribution is 2.21. The van der Waals surface area contributed by atoms with E-state index in [2.05, 4.69) is 17.2 Å². The maximum atomic E-state index is 13.9. The van der Waals surface area contributed by atoms with Gasteiger partial charge in [0.25, 0.3) is 5.91 Å². The first-order valence-corrected chi connectivity index (χ1v) is 9.16. The van der Waals surface area contributed by atoms with Crippen molar-refractivity contribution in [3.8, 4) is 0 Å². The van der Waals surface area contributed by atoms with Crippen LogP contribution in [0.15, 0.2) is 42.7 Å². The summed E-state index contributed by atoms with van der Waals surface area (Å²) in [6.07, 6.45) is 5.54. The van der Waals surface area contributed by atoms with Gasteiger partial charge in [0.1, 0.15) is 5.82 Å². The second kappa shape index (κ2) is 8.65. The summed E-state index contributed by atoms with van der Waals surface area (Å²) >= 11 is 0. The Morgan fingerprint density at radius 2 is 1.96 bits per heavy atom. The van der Waals surface area contributed by atoms with Crippen molar-refractivity contribution in [1.82, 2.24) is 9.88 Å². The lowest BCUT2D eigenvalue weighted by molar-refractivity contribution is 0.0746. The number of benzene rings is 1. The number of para-hydroxylation sites is 1. The topological polar surface area (TPSA) is 48.5 Å². The molecule has 0 aliphatic carbocycles. The van der Waals surface area contributed by atoms with Gasteiger partial charge in [0, 0.05) is 45.1 Å². The highest BCUT2D eigenvalue weighted by Gasteiger charge is 2.23. The van der Waals surface area contributed by atoms with Crippen molar-refractivity contribution >= 4 is 17.3 Å². The van der Waals surface area contributed by atoms with Gasteiger partial charge < -0.3 is 15.1 Å². The van der Waals surface area contributed by atoms with E-state index in [9.17, 15) is 9.18 Å². The van der Waals surface area contributed by atoms with Gasteiger partial charge in [-0.3, -0.25) is 9.78 Å². The monoisotopic (exact) mass is 356 g/mol. The van der Waals surface area contributed by atoms with E-state index in [0.717, 1.165) is 25.1 Å². The fourth-order valence-electron chi connectivity index (χ4n) is 3.10. The third kappa shape index (κ3) is 4.31. The molecule has 1 aliphatic heterocycles. The number of nitrogens with zero attached hydrogens (tertiary/aromatic N) is 3. The molecule has 0 unspecified atom stereocenters. The molecule has 0 spiro atoms. The van der Waals surface area contributed by atoms with Crippen molar-refractivity contribution in [2.45, 2.75) is 19.8 Å². The number of pyridine rings is 1. The first kappa shape index (κ1) is 18.2. The molecule has 1 aromatic heterocycles. The van der Waals surface area contributed by atoms with Gasteiger partial charge in [0.15, 0.2) is 0 Å². The Kier molecular flexibility index (Phi) is 6.04. The predicted molar refractivity (Wildman–Crippen MR) is 102 cm³/mol. The molecular weight excluding hydrogens is 331 g/mol. The molecule has 2 aromatic rings. The average molecular weight is 356 g/mol. The lowest BCUT2D eigenvalue weighted by Gasteiger charge is -2.36. The zero-order valence-electron chi connectivity index (χ0n) is 15.1. The number of carbonyl (C=O) groups excluding carboxylic acids is 1. The van der Waals surface area contributed by atoms with Gasteiger partial charge in [0.2, 0.25) is 0 Å². The average Bonchev–Trinajstić information content (AvgIpc) is 2.68. The number of unbranched alkanes of at least 4 members (excludes halogenated alkanes) is 1. The van der Waals surface area contributed by atoms with Crippen LogP contribution < -0.4 is 10.2 Å². The van der Waals surface area contributed by atoms with Gasteiger partial charge in [-0.2, -0.15) is 0 Å². The molecule has 1 N–H and O–H groups in total. The van der Waals surface area contributed by atoms with Crippen LogP contribution in [0.1, 0.15) is 30.1 Å². The molecule has 0 atom stereocenters. The van der Waals surface area contributed by atoms with Crippen LogP contribution >= 0.6 is 0 Å². The Bertz CT molecular complexity index is 744. The molecule has 138 valence electrons. The Balaban J connectivity index is 1.60. The minimum absolute atomic E-state index is 0.0233. The van der Waals surface area contributed by atoms with Gasteiger partial charge in [0.05, 0.1) is 16.9 Å². The molecule has 26 heavy (non-hydrogen) atoms. The minimum atomic E-state index is -0.220. The quantitative estimate of drug-likeness (QED) is 0.806. The number of anilines is 2. The molecule has 2 heterocycles. The van der Waals surface area contributed by atoms with Crippen molar-refractivity contribution in [2.75, 3.05) is 42.9 Å². The Hall–Kier alpha value is -2.63. The second-order valence-corrected chi connectivity index (χ2v) is 6.47. The number of hydrogen-bond acceptors (Lipinski definition) is 4. The molecule has 1 aliphatic rings. The Morgan fingerprint density at radius 3 is 2.69 bits per heavy atom. The number of rotatable bonds is 6. The van der Waals surface area contributed by atoms with Crippen LogP contribution in [0.5, 0.6) is 0 Å². The van der Waals surface area contributed by atoms with Crippen LogP contribution in [-0.2, 0) is 0 Å². The maximum absolute atomic E-state index is 13.9. The van der Waals surface area contributed by atoms with Gasteiger partial charge in [-0.15, -0.1) is 0 Å². The van der Waals surface area contributed by atoms with Crippen LogP contribution in [0.3, 0.4) is 0 Å². The first-order valence-electron chi connectivity index (χ1n) is 9.16. The van der Waals surface area contributed by atoms with E-state index >= 15 is 0 Å². The molecule has 1 fully saturated rings. The smallest absolute Gasteiger partial charge is 0.255 e. The third-order valence-corrected chi connectivity index (χ3v) is 4.60. The fraction of sp³-hybridized carbons (Fsp3) is 0.400. The number of piperazine rings is 1. The molecule has 0 saturated carbocycles. The van der Waals surface area contributed by atoms with E-state index in [1.807, 2.05) is 21.9 Å².